The average molecular weight is 264 g/mol. The lowest BCUT2D eigenvalue weighted by Gasteiger charge is -2.10. The number of hydrogen-bond acceptors (Lipinski definition) is 2. The van der Waals surface area contributed by atoms with Gasteiger partial charge in [0.25, 0.3) is 0 Å². The van der Waals surface area contributed by atoms with Gasteiger partial charge in [-0.3, -0.25) is 0 Å². The molecule has 0 fully saturated rings. The number of rotatable bonds is 5. The van der Waals surface area contributed by atoms with Gasteiger partial charge in [-0.25, -0.2) is 4.98 Å². The fourth-order valence-electron chi connectivity index (χ4n) is 1.92. The van der Waals surface area contributed by atoms with Crippen molar-refractivity contribution in [2.75, 3.05) is 6.54 Å². The first kappa shape index (κ1) is 13.1. The molecule has 0 radical (unpaired) electrons. The average Bonchev–Trinajstić information content (AvgIpc) is 2.85. The van der Waals surface area contributed by atoms with Gasteiger partial charge in [0.1, 0.15) is 5.82 Å². The highest BCUT2D eigenvalue weighted by Gasteiger charge is 2.06. The van der Waals surface area contributed by atoms with E-state index in [1.165, 1.54) is 0 Å². The summed E-state index contributed by atoms with van der Waals surface area (Å²) in [6.45, 7) is 5.93. The SMILES string of the molecule is CCNCc1ccc(-n2ccnc2CC)cc1Cl. The second-order valence-corrected chi connectivity index (χ2v) is 4.53. The van der Waals surface area contributed by atoms with Crippen LogP contribution in [0.25, 0.3) is 5.69 Å². The lowest BCUT2D eigenvalue weighted by Crippen LogP contribution is -2.12. The number of imidazole rings is 1. The van der Waals surface area contributed by atoms with Crippen molar-refractivity contribution < 1.29 is 0 Å². The highest BCUT2D eigenvalue weighted by Crippen LogP contribution is 2.21. The Hall–Kier alpha value is -1.32. The smallest absolute Gasteiger partial charge is 0.112 e. The van der Waals surface area contributed by atoms with Crippen LogP contribution in [-0.2, 0) is 13.0 Å². The van der Waals surface area contributed by atoms with E-state index in [0.29, 0.717) is 0 Å². The van der Waals surface area contributed by atoms with Gasteiger partial charge in [-0.15, -0.1) is 0 Å². The van der Waals surface area contributed by atoms with Crippen molar-refractivity contribution in [1.82, 2.24) is 14.9 Å². The number of hydrogen-bond donors (Lipinski definition) is 1. The zero-order valence-electron chi connectivity index (χ0n) is 10.8. The highest BCUT2D eigenvalue weighted by molar-refractivity contribution is 6.31. The predicted octanol–water partition coefficient (Wildman–Crippen LogP) is 3.20. The van der Waals surface area contributed by atoms with Gasteiger partial charge >= 0.3 is 0 Å². The molecule has 0 atom stereocenters. The Morgan fingerprint density at radius 1 is 1.33 bits per heavy atom. The van der Waals surface area contributed by atoms with Gasteiger partial charge in [-0.05, 0) is 24.2 Å². The van der Waals surface area contributed by atoms with Crippen LogP contribution in [0.4, 0.5) is 0 Å². The minimum Gasteiger partial charge on any atom is -0.313 e. The molecule has 0 aliphatic rings. The molecule has 1 N–H and O–H groups in total. The summed E-state index contributed by atoms with van der Waals surface area (Å²) >= 11 is 6.30. The van der Waals surface area contributed by atoms with Gasteiger partial charge in [0.2, 0.25) is 0 Å². The molecule has 0 aliphatic heterocycles. The summed E-state index contributed by atoms with van der Waals surface area (Å²) in [5.74, 6) is 1.05. The van der Waals surface area contributed by atoms with E-state index in [9.17, 15) is 0 Å². The van der Waals surface area contributed by atoms with E-state index in [2.05, 4.69) is 40.8 Å². The number of aryl methyl sites for hydroxylation is 1. The molecule has 0 unspecified atom stereocenters. The predicted molar refractivity (Wildman–Crippen MR) is 75.3 cm³/mol. The van der Waals surface area contributed by atoms with Crippen LogP contribution >= 0.6 is 11.6 Å². The second kappa shape index (κ2) is 6.03. The Morgan fingerprint density at radius 2 is 2.17 bits per heavy atom. The molecule has 1 heterocycles. The van der Waals surface area contributed by atoms with E-state index in [-0.39, 0.29) is 0 Å². The van der Waals surface area contributed by atoms with Gasteiger partial charge in [0.05, 0.1) is 0 Å². The fraction of sp³-hybridized carbons (Fsp3) is 0.357. The quantitative estimate of drug-likeness (QED) is 0.898. The first-order valence-corrected chi connectivity index (χ1v) is 6.65. The van der Waals surface area contributed by atoms with Crippen molar-refractivity contribution in [3.8, 4) is 5.69 Å². The number of aromatic nitrogens is 2. The van der Waals surface area contributed by atoms with E-state index in [4.69, 9.17) is 11.6 Å². The molecule has 1 aromatic carbocycles. The summed E-state index contributed by atoms with van der Waals surface area (Å²) in [6, 6.07) is 6.15. The van der Waals surface area contributed by atoms with E-state index in [0.717, 1.165) is 41.6 Å². The highest BCUT2D eigenvalue weighted by atomic mass is 35.5. The molecule has 2 rings (SSSR count). The summed E-state index contributed by atoms with van der Waals surface area (Å²) in [5, 5.41) is 4.07. The summed E-state index contributed by atoms with van der Waals surface area (Å²) < 4.78 is 2.07. The third kappa shape index (κ3) is 2.74. The molecular formula is C14H18ClN3. The molecule has 0 saturated heterocycles. The van der Waals surface area contributed by atoms with Crippen molar-refractivity contribution >= 4 is 11.6 Å². The minimum atomic E-state index is 0.796. The van der Waals surface area contributed by atoms with Crippen LogP contribution in [-0.4, -0.2) is 16.1 Å². The normalized spacial score (nSPS) is 10.8. The molecule has 96 valence electrons. The second-order valence-electron chi connectivity index (χ2n) is 4.12. The number of nitrogens with zero attached hydrogens (tertiary/aromatic N) is 2. The summed E-state index contributed by atoms with van der Waals surface area (Å²) in [6.07, 6.45) is 4.69. The van der Waals surface area contributed by atoms with Crippen molar-refractivity contribution in [3.05, 3.63) is 47.0 Å². The molecule has 18 heavy (non-hydrogen) atoms. The van der Waals surface area contributed by atoms with Crippen LogP contribution in [0.3, 0.4) is 0 Å². The standard InChI is InChI=1S/C14H18ClN3/c1-3-14-17-7-8-18(14)12-6-5-11(10-16-4-2)13(15)9-12/h5-9,16H,3-4,10H2,1-2H3. The topological polar surface area (TPSA) is 29.9 Å². The largest absolute Gasteiger partial charge is 0.313 e. The van der Waals surface area contributed by atoms with Crippen molar-refractivity contribution in [3.63, 3.8) is 0 Å². The van der Waals surface area contributed by atoms with Crippen LogP contribution in [0, 0.1) is 0 Å². The summed E-state index contributed by atoms with van der Waals surface area (Å²) in [4.78, 5) is 4.32. The first-order valence-electron chi connectivity index (χ1n) is 6.28. The van der Waals surface area contributed by atoms with Crippen molar-refractivity contribution in [1.29, 1.82) is 0 Å². The summed E-state index contributed by atoms with van der Waals surface area (Å²) in [7, 11) is 0. The lowest BCUT2D eigenvalue weighted by atomic mass is 10.2. The number of halogens is 1. The number of benzene rings is 1. The Balaban J connectivity index is 2.28. The van der Waals surface area contributed by atoms with Gasteiger partial charge in [-0.2, -0.15) is 0 Å². The molecule has 0 saturated carbocycles. The third-order valence-electron chi connectivity index (χ3n) is 2.91. The van der Waals surface area contributed by atoms with Gasteiger partial charge in [0, 0.05) is 36.1 Å². The fourth-order valence-corrected chi connectivity index (χ4v) is 2.16. The molecule has 0 aliphatic carbocycles. The van der Waals surface area contributed by atoms with Gasteiger partial charge in [0.15, 0.2) is 0 Å². The monoisotopic (exact) mass is 263 g/mol. The Morgan fingerprint density at radius 3 is 2.83 bits per heavy atom. The van der Waals surface area contributed by atoms with E-state index < -0.39 is 0 Å². The van der Waals surface area contributed by atoms with Crippen LogP contribution in [0.5, 0.6) is 0 Å². The van der Waals surface area contributed by atoms with E-state index in [1.54, 1.807) is 0 Å². The maximum absolute atomic E-state index is 6.30. The molecule has 0 bridgehead atoms. The van der Waals surface area contributed by atoms with Crippen LogP contribution in [0.1, 0.15) is 25.2 Å². The first-order chi connectivity index (χ1) is 8.76. The van der Waals surface area contributed by atoms with Crippen LogP contribution < -0.4 is 5.32 Å². The maximum Gasteiger partial charge on any atom is 0.112 e. The van der Waals surface area contributed by atoms with Crippen molar-refractivity contribution in [2.24, 2.45) is 0 Å². The zero-order chi connectivity index (χ0) is 13.0. The molecule has 1 aromatic heterocycles. The van der Waals surface area contributed by atoms with E-state index in [1.807, 2.05) is 18.5 Å². The molecule has 3 nitrogen and oxygen atoms in total. The summed E-state index contributed by atoms with van der Waals surface area (Å²) in [5.41, 5.74) is 2.19. The van der Waals surface area contributed by atoms with Crippen LogP contribution in [0.2, 0.25) is 5.02 Å². The van der Waals surface area contributed by atoms with Gasteiger partial charge in [-0.1, -0.05) is 31.5 Å². The Kier molecular flexibility index (Phi) is 4.39. The molecular weight excluding hydrogens is 246 g/mol. The van der Waals surface area contributed by atoms with Crippen molar-refractivity contribution in [2.45, 2.75) is 26.8 Å². The molecule has 0 spiro atoms. The zero-order valence-corrected chi connectivity index (χ0v) is 11.5. The Labute approximate surface area is 113 Å². The molecule has 0 amide bonds. The molecule has 2 aromatic rings. The van der Waals surface area contributed by atoms with Gasteiger partial charge < -0.3 is 9.88 Å². The lowest BCUT2D eigenvalue weighted by molar-refractivity contribution is 0.726. The third-order valence-corrected chi connectivity index (χ3v) is 3.27. The minimum absolute atomic E-state index is 0.796. The number of nitrogens with one attached hydrogen (secondary N) is 1. The van der Waals surface area contributed by atoms with Crippen LogP contribution in [0.15, 0.2) is 30.6 Å². The maximum atomic E-state index is 6.30. The molecule has 4 heteroatoms. The Bertz CT molecular complexity index is 520. The van der Waals surface area contributed by atoms with E-state index >= 15 is 0 Å².